The lowest BCUT2D eigenvalue weighted by Crippen LogP contribution is -2.29. The lowest BCUT2D eigenvalue weighted by Gasteiger charge is -2.12. The average molecular weight is 374 g/mol. The summed E-state index contributed by atoms with van der Waals surface area (Å²) in [5, 5.41) is 5.43. The minimum Gasteiger partial charge on any atom is -0.451 e. The first-order valence-corrected chi connectivity index (χ1v) is 9.09. The van der Waals surface area contributed by atoms with Crippen molar-refractivity contribution in [2.45, 2.75) is 20.8 Å². The fraction of sp³-hybridized carbons (Fsp3) is 0.316. The number of hydrogen-bond donors (Lipinski definition) is 2. The van der Waals surface area contributed by atoms with Crippen LogP contribution in [0.25, 0.3) is 0 Å². The van der Waals surface area contributed by atoms with Gasteiger partial charge in [-0.05, 0) is 37.1 Å². The lowest BCUT2D eigenvalue weighted by atomic mass is 10.1. The van der Waals surface area contributed by atoms with E-state index in [0.717, 1.165) is 4.88 Å². The normalized spacial score (nSPS) is 10.5. The Morgan fingerprint density at radius 2 is 1.85 bits per heavy atom. The van der Waals surface area contributed by atoms with Crippen molar-refractivity contribution in [3.8, 4) is 0 Å². The molecule has 0 fully saturated rings. The van der Waals surface area contributed by atoms with Gasteiger partial charge in [0.15, 0.2) is 6.61 Å². The molecule has 2 amide bonds. The van der Waals surface area contributed by atoms with Crippen LogP contribution in [0.1, 0.15) is 38.8 Å². The summed E-state index contributed by atoms with van der Waals surface area (Å²) in [7, 11) is 0. The van der Waals surface area contributed by atoms with Crippen molar-refractivity contribution in [3.05, 3.63) is 51.7 Å². The van der Waals surface area contributed by atoms with Crippen LogP contribution >= 0.6 is 11.3 Å². The SMILES string of the molecule is Cc1ccc(C(=O)OCC(=O)Nc2ccccc2C(=O)NCC(C)C)s1. The molecule has 0 aliphatic carbocycles. The van der Waals surface area contributed by atoms with Crippen LogP contribution in [0.3, 0.4) is 0 Å². The maximum Gasteiger partial charge on any atom is 0.348 e. The molecule has 1 aromatic heterocycles. The first-order chi connectivity index (χ1) is 12.4. The second-order valence-corrected chi connectivity index (χ2v) is 7.47. The minimum absolute atomic E-state index is 0.263. The summed E-state index contributed by atoms with van der Waals surface area (Å²) in [6.07, 6.45) is 0. The van der Waals surface area contributed by atoms with E-state index in [2.05, 4.69) is 10.6 Å². The molecular formula is C19H22N2O4S. The van der Waals surface area contributed by atoms with Crippen LogP contribution in [-0.4, -0.2) is 30.9 Å². The number of rotatable bonds is 7. The fourth-order valence-electron chi connectivity index (χ4n) is 2.11. The van der Waals surface area contributed by atoms with Crippen molar-refractivity contribution in [1.82, 2.24) is 5.32 Å². The summed E-state index contributed by atoms with van der Waals surface area (Å²) in [4.78, 5) is 37.7. The summed E-state index contributed by atoms with van der Waals surface area (Å²) in [5.74, 6) is -0.987. The van der Waals surface area contributed by atoms with Gasteiger partial charge in [-0.3, -0.25) is 9.59 Å². The number of ether oxygens (including phenoxy) is 1. The third kappa shape index (κ3) is 5.70. The topological polar surface area (TPSA) is 84.5 Å². The Morgan fingerprint density at radius 1 is 1.12 bits per heavy atom. The number of carbonyl (C=O) groups is 3. The summed E-state index contributed by atoms with van der Waals surface area (Å²) in [5.41, 5.74) is 0.739. The highest BCUT2D eigenvalue weighted by atomic mass is 32.1. The van der Waals surface area contributed by atoms with Crippen LogP contribution in [-0.2, 0) is 9.53 Å². The highest BCUT2D eigenvalue weighted by molar-refractivity contribution is 7.13. The van der Waals surface area contributed by atoms with E-state index in [1.807, 2.05) is 26.8 Å². The molecule has 1 heterocycles. The molecule has 0 atom stereocenters. The Balaban J connectivity index is 1.94. The number of nitrogens with one attached hydrogen (secondary N) is 2. The van der Waals surface area contributed by atoms with Crippen LogP contribution in [0.15, 0.2) is 36.4 Å². The van der Waals surface area contributed by atoms with Crippen LogP contribution in [0.4, 0.5) is 5.69 Å². The van der Waals surface area contributed by atoms with Gasteiger partial charge in [0.05, 0.1) is 11.3 Å². The fourth-order valence-corrected chi connectivity index (χ4v) is 2.88. The second-order valence-electron chi connectivity index (χ2n) is 6.18. The number of thiophene rings is 1. The van der Waals surface area contributed by atoms with Crippen molar-refractivity contribution < 1.29 is 19.1 Å². The molecule has 0 aliphatic heterocycles. The predicted molar refractivity (Wildman–Crippen MR) is 102 cm³/mol. The van der Waals surface area contributed by atoms with Gasteiger partial charge in [0, 0.05) is 11.4 Å². The van der Waals surface area contributed by atoms with Gasteiger partial charge in [-0.2, -0.15) is 0 Å². The van der Waals surface area contributed by atoms with Crippen molar-refractivity contribution in [1.29, 1.82) is 0 Å². The minimum atomic E-state index is -0.541. The number of esters is 1. The molecule has 2 N–H and O–H groups in total. The molecule has 1 aromatic carbocycles. The Hall–Kier alpha value is -2.67. The quantitative estimate of drug-likeness (QED) is 0.729. The van der Waals surface area contributed by atoms with Crippen molar-refractivity contribution in [2.75, 3.05) is 18.5 Å². The van der Waals surface area contributed by atoms with Gasteiger partial charge >= 0.3 is 5.97 Å². The molecule has 2 rings (SSSR count). The molecule has 0 saturated carbocycles. The third-order valence-electron chi connectivity index (χ3n) is 3.39. The van der Waals surface area contributed by atoms with E-state index in [4.69, 9.17) is 4.74 Å². The Labute approximate surface area is 156 Å². The molecule has 0 unspecified atom stereocenters. The van der Waals surface area contributed by atoms with Crippen LogP contribution in [0, 0.1) is 12.8 Å². The number of para-hydroxylation sites is 1. The van der Waals surface area contributed by atoms with Crippen LogP contribution < -0.4 is 10.6 Å². The molecule has 0 bridgehead atoms. The number of amides is 2. The first kappa shape index (κ1) is 19.7. The van der Waals surface area contributed by atoms with Crippen LogP contribution in [0.2, 0.25) is 0 Å². The van der Waals surface area contributed by atoms with Gasteiger partial charge in [-0.25, -0.2) is 4.79 Å². The van der Waals surface area contributed by atoms with Gasteiger partial charge in [0.25, 0.3) is 11.8 Å². The predicted octanol–water partition coefficient (Wildman–Crippen LogP) is 3.24. The van der Waals surface area contributed by atoms with Gasteiger partial charge in [0.1, 0.15) is 4.88 Å². The van der Waals surface area contributed by atoms with Crippen LogP contribution in [0.5, 0.6) is 0 Å². The zero-order chi connectivity index (χ0) is 19.1. The molecule has 0 saturated heterocycles. The molecule has 26 heavy (non-hydrogen) atoms. The average Bonchev–Trinajstić information content (AvgIpc) is 3.04. The number of benzene rings is 1. The molecule has 0 radical (unpaired) electrons. The smallest absolute Gasteiger partial charge is 0.348 e. The van der Waals surface area contributed by atoms with E-state index in [1.54, 1.807) is 30.3 Å². The Morgan fingerprint density at radius 3 is 2.50 bits per heavy atom. The first-order valence-electron chi connectivity index (χ1n) is 8.27. The zero-order valence-corrected chi connectivity index (χ0v) is 15.8. The number of aryl methyl sites for hydroxylation is 1. The molecule has 0 aliphatic rings. The maximum atomic E-state index is 12.3. The standard InChI is InChI=1S/C19H22N2O4S/c1-12(2)10-20-18(23)14-6-4-5-7-15(14)21-17(22)11-25-19(24)16-9-8-13(3)26-16/h4-9,12H,10-11H2,1-3H3,(H,20,23)(H,21,22). The molecule has 7 heteroatoms. The maximum absolute atomic E-state index is 12.3. The van der Waals surface area contributed by atoms with Gasteiger partial charge in [-0.15, -0.1) is 11.3 Å². The van der Waals surface area contributed by atoms with Gasteiger partial charge in [0.2, 0.25) is 0 Å². The zero-order valence-electron chi connectivity index (χ0n) is 15.0. The second kappa shape index (κ2) is 9.15. The molecular weight excluding hydrogens is 352 g/mol. The van der Waals surface area contributed by atoms with Crippen molar-refractivity contribution >= 4 is 34.8 Å². The van der Waals surface area contributed by atoms with Crippen molar-refractivity contribution in [3.63, 3.8) is 0 Å². The van der Waals surface area contributed by atoms with E-state index in [9.17, 15) is 14.4 Å². The van der Waals surface area contributed by atoms with E-state index in [0.29, 0.717) is 28.6 Å². The molecule has 6 nitrogen and oxygen atoms in total. The Kier molecular flexibility index (Phi) is 6.91. The Bertz CT molecular complexity index is 798. The molecule has 2 aromatic rings. The van der Waals surface area contributed by atoms with E-state index < -0.39 is 18.5 Å². The summed E-state index contributed by atoms with van der Waals surface area (Å²) in [6, 6.07) is 10.2. The molecule has 138 valence electrons. The summed E-state index contributed by atoms with van der Waals surface area (Å²) >= 11 is 1.31. The van der Waals surface area contributed by atoms with E-state index in [-0.39, 0.29) is 5.91 Å². The lowest BCUT2D eigenvalue weighted by molar-refractivity contribution is -0.119. The highest BCUT2D eigenvalue weighted by Crippen LogP contribution is 2.17. The monoisotopic (exact) mass is 374 g/mol. The largest absolute Gasteiger partial charge is 0.451 e. The summed E-state index contributed by atoms with van der Waals surface area (Å²) in [6.45, 7) is 6.00. The van der Waals surface area contributed by atoms with Gasteiger partial charge < -0.3 is 15.4 Å². The van der Waals surface area contributed by atoms with Crippen molar-refractivity contribution in [2.24, 2.45) is 5.92 Å². The third-order valence-corrected chi connectivity index (χ3v) is 4.37. The number of carbonyl (C=O) groups excluding carboxylic acids is 3. The molecule has 0 spiro atoms. The number of hydrogen-bond acceptors (Lipinski definition) is 5. The summed E-state index contributed by atoms with van der Waals surface area (Å²) < 4.78 is 5.01. The van der Waals surface area contributed by atoms with Gasteiger partial charge in [-0.1, -0.05) is 26.0 Å². The highest BCUT2D eigenvalue weighted by Gasteiger charge is 2.15. The van der Waals surface area contributed by atoms with E-state index in [1.165, 1.54) is 11.3 Å². The number of anilines is 1. The van der Waals surface area contributed by atoms with E-state index >= 15 is 0 Å².